The van der Waals surface area contributed by atoms with Gasteiger partial charge in [-0.1, -0.05) is 11.8 Å². The van der Waals surface area contributed by atoms with Gasteiger partial charge in [0.15, 0.2) is 5.12 Å². The zero-order valence-electron chi connectivity index (χ0n) is 8.82. The van der Waals surface area contributed by atoms with Crippen molar-refractivity contribution in [2.75, 3.05) is 6.54 Å². The van der Waals surface area contributed by atoms with Gasteiger partial charge in [-0.25, -0.2) is 0 Å². The van der Waals surface area contributed by atoms with Crippen LogP contribution in [0.1, 0.15) is 24.7 Å². The predicted molar refractivity (Wildman–Crippen MR) is 60.5 cm³/mol. The van der Waals surface area contributed by atoms with Gasteiger partial charge < -0.3 is 5.32 Å². The number of hydrogen-bond acceptors (Lipinski definition) is 4. The maximum atomic E-state index is 10.8. The Hall–Kier alpha value is -0.810. The summed E-state index contributed by atoms with van der Waals surface area (Å²) in [5.41, 5.74) is 2.24. The second-order valence-electron chi connectivity index (χ2n) is 3.66. The highest BCUT2D eigenvalue weighted by Crippen LogP contribution is 2.14. The Kier molecular flexibility index (Phi) is 3.43. The lowest BCUT2D eigenvalue weighted by molar-refractivity contribution is -0.109. The minimum absolute atomic E-state index is 0.149. The summed E-state index contributed by atoms with van der Waals surface area (Å²) in [6, 6.07) is 2.09. The van der Waals surface area contributed by atoms with Crippen LogP contribution in [-0.4, -0.2) is 21.4 Å². The van der Waals surface area contributed by atoms with Gasteiger partial charge >= 0.3 is 0 Å². The summed E-state index contributed by atoms with van der Waals surface area (Å²) in [6.07, 6.45) is 1.12. The average Bonchev–Trinajstić information content (AvgIpc) is 2.46. The van der Waals surface area contributed by atoms with E-state index in [1.54, 1.807) is 6.92 Å². The lowest BCUT2D eigenvalue weighted by Crippen LogP contribution is -2.11. The monoisotopic (exact) mass is 225 g/mol. The molecule has 0 saturated carbocycles. The Bertz CT molecular complexity index is 338. The molecule has 1 N–H and O–H groups in total. The summed E-state index contributed by atoms with van der Waals surface area (Å²) in [6.45, 7) is 4.51. The van der Waals surface area contributed by atoms with Gasteiger partial charge in [-0.05, 0) is 19.0 Å². The number of carbonyl (C=O) groups excluding carboxylic acids is 1. The number of nitrogens with zero attached hydrogens (tertiary/aromatic N) is 2. The highest BCUT2D eigenvalue weighted by atomic mass is 32.2. The third-order valence-corrected chi connectivity index (χ3v) is 3.21. The van der Waals surface area contributed by atoms with Crippen LogP contribution >= 0.6 is 11.8 Å². The molecule has 0 fully saturated rings. The van der Waals surface area contributed by atoms with Crippen LogP contribution in [0.4, 0.5) is 0 Å². The third kappa shape index (κ3) is 2.82. The van der Waals surface area contributed by atoms with E-state index in [9.17, 15) is 4.79 Å². The molecule has 0 amide bonds. The molecule has 82 valence electrons. The average molecular weight is 225 g/mol. The molecule has 0 unspecified atom stereocenters. The fraction of sp³-hybridized carbons (Fsp3) is 0.600. The molecule has 0 atom stereocenters. The number of thioether (sulfide) groups is 1. The van der Waals surface area contributed by atoms with Crippen LogP contribution in [0.3, 0.4) is 0 Å². The number of carbonyl (C=O) groups is 1. The maximum Gasteiger partial charge on any atom is 0.186 e. The summed E-state index contributed by atoms with van der Waals surface area (Å²) < 4.78 is 2.05. The van der Waals surface area contributed by atoms with E-state index < -0.39 is 0 Å². The van der Waals surface area contributed by atoms with Crippen molar-refractivity contribution >= 4 is 16.9 Å². The molecule has 1 aliphatic rings. The molecule has 4 nitrogen and oxygen atoms in total. The highest BCUT2D eigenvalue weighted by molar-refractivity contribution is 8.12. The molecule has 1 aliphatic heterocycles. The fourth-order valence-electron chi connectivity index (χ4n) is 1.67. The third-order valence-electron chi connectivity index (χ3n) is 2.37. The van der Waals surface area contributed by atoms with E-state index in [4.69, 9.17) is 0 Å². The minimum atomic E-state index is 0.149. The molecule has 0 radical (unpaired) electrons. The molecule has 1 aromatic rings. The second-order valence-corrected chi connectivity index (χ2v) is 4.81. The lowest BCUT2D eigenvalue weighted by Gasteiger charge is -1.99. The van der Waals surface area contributed by atoms with Gasteiger partial charge in [0, 0.05) is 25.8 Å². The van der Waals surface area contributed by atoms with Crippen molar-refractivity contribution in [1.29, 1.82) is 0 Å². The van der Waals surface area contributed by atoms with E-state index in [-0.39, 0.29) is 5.12 Å². The number of fused-ring (bicyclic) bond motifs is 1. The molecule has 5 heteroatoms. The van der Waals surface area contributed by atoms with E-state index in [1.165, 1.54) is 17.5 Å². The first-order chi connectivity index (χ1) is 7.25. The van der Waals surface area contributed by atoms with Crippen LogP contribution in [-0.2, 0) is 23.6 Å². The summed E-state index contributed by atoms with van der Waals surface area (Å²) in [4.78, 5) is 10.8. The lowest BCUT2D eigenvalue weighted by atomic mass is 10.4. The smallest absolute Gasteiger partial charge is 0.186 e. The van der Waals surface area contributed by atoms with Gasteiger partial charge in [0.25, 0.3) is 0 Å². The van der Waals surface area contributed by atoms with Crippen molar-refractivity contribution in [2.45, 2.75) is 32.2 Å². The first-order valence-electron chi connectivity index (χ1n) is 5.15. The summed E-state index contributed by atoms with van der Waals surface area (Å²) in [5.74, 6) is 0.690. The van der Waals surface area contributed by atoms with E-state index in [0.29, 0.717) is 5.75 Å². The molecule has 0 spiro atoms. The van der Waals surface area contributed by atoms with Gasteiger partial charge in [-0.3, -0.25) is 9.48 Å². The van der Waals surface area contributed by atoms with Crippen LogP contribution in [0.2, 0.25) is 0 Å². The van der Waals surface area contributed by atoms with Gasteiger partial charge in [0.2, 0.25) is 0 Å². The Morgan fingerprint density at radius 2 is 2.60 bits per heavy atom. The zero-order valence-corrected chi connectivity index (χ0v) is 9.64. The molecule has 0 aromatic carbocycles. The van der Waals surface area contributed by atoms with E-state index in [0.717, 1.165) is 31.7 Å². The van der Waals surface area contributed by atoms with Crippen molar-refractivity contribution in [3.63, 3.8) is 0 Å². The number of hydrogen-bond donors (Lipinski definition) is 1. The molecule has 1 aromatic heterocycles. The topological polar surface area (TPSA) is 46.9 Å². The number of nitrogens with one attached hydrogen (secondary N) is 1. The van der Waals surface area contributed by atoms with E-state index in [1.807, 2.05) is 0 Å². The minimum Gasteiger partial charge on any atom is -0.311 e. The quantitative estimate of drug-likeness (QED) is 0.820. The van der Waals surface area contributed by atoms with Crippen LogP contribution in [0, 0.1) is 0 Å². The van der Waals surface area contributed by atoms with Crippen molar-refractivity contribution in [2.24, 2.45) is 0 Å². The predicted octanol–water partition coefficient (Wildman–Crippen LogP) is 1.16. The van der Waals surface area contributed by atoms with Crippen LogP contribution in [0.25, 0.3) is 0 Å². The van der Waals surface area contributed by atoms with Gasteiger partial charge in [0.05, 0.1) is 11.4 Å². The Balaban J connectivity index is 2.05. The van der Waals surface area contributed by atoms with Crippen molar-refractivity contribution in [3.05, 3.63) is 17.5 Å². The number of aromatic nitrogens is 2. The largest absolute Gasteiger partial charge is 0.311 e. The van der Waals surface area contributed by atoms with Crippen molar-refractivity contribution in [3.8, 4) is 0 Å². The molecule has 2 rings (SSSR count). The number of rotatable bonds is 2. The van der Waals surface area contributed by atoms with Crippen LogP contribution < -0.4 is 5.32 Å². The molecule has 2 heterocycles. The summed E-state index contributed by atoms with van der Waals surface area (Å²) in [7, 11) is 0. The Labute approximate surface area is 93.4 Å². The highest BCUT2D eigenvalue weighted by Gasteiger charge is 2.10. The van der Waals surface area contributed by atoms with Crippen LogP contribution in [0.5, 0.6) is 0 Å². The SMILES string of the molecule is CC(=O)SCc1cc2n(n1)CCCNC2. The van der Waals surface area contributed by atoms with Gasteiger partial charge in [-0.2, -0.15) is 5.10 Å². The summed E-state index contributed by atoms with van der Waals surface area (Å²) >= 11 is 1.32. The second kappa shape index (κ2) is 4.81. The molecule has 15 heavy (non-hydrogen) atoms. The first kappa shape index (κ1) is 10.7. The standard InChI is InChI=1S/C10H15N3OS/c1-8(14)15-7-9-5-10-6-11-3-2-4-13(10)12-9/h5,11H,2-4,6-7H2,1H3. The number of aryl methyl sites for hydroxylation is 1. The van der Waals surface area contributed by atoms with E-state index in [2.05, 4.69) is 21.2 Å². The molecular formula is C10H15N3OS. The normalized spacial score (nSPS) is 15.8. The Morgan fingerprint density at radius 1 is 1.73 bits per heavy atom. The van der Waals surface area contributed by atoms with Crippen LogP contribution in [0.15, 0.2) is 6.07 Å². The molecule has 0 aliphatic carbocycles. The van der Waals surface area contributed by atoms with Crippen molar-refractivity contribution in [1.82, 2.24) is 15.1 Å². The molecule has 0 bridgehead atoms. The zero-order chi connectivity index (χ0) is 10.7. The molecular weight excluding hydrogens is 210 g/mol. The molecule has 0 saturated heterocycles. The van der Waals surface area contributed by atoms with E-state index >= 15 is 0 Å². The summed E-state index contributed by atoms with van der Waals surface area (Å²) in [5, 5.41) is 7.98. The van der Waals surface area contributed by atoms with Gasteiger partial charge in [-0.15, -0.1) is 0 Å². The Morgan fingerprint density at radius 3 is 3.40 bits per heavy atom. The maximum absolute atomic E-state index is 10.8. The fourth-order valence-corrected chi connectivity index (χ4v) is 2.16. The first-order valence-corrected chi connectivity index (χ1v) is 6.14. The van der Waals surface area contributed by atoms with Gasteiger partial charge in [0.1, 0.15) is 0 Å². The van der Waals surface area contributed by atoms with Crippen molar-refractivity contribution < 1.29 is 4.79 Å².